The highest BCUT2D eigenvalue weighted by atomic mass is 32.2. The van der Waals surface area contributed by atoms with Gasteiger partial charge in [-0.1, -0.05) is 20.8 Å². The van der Waals surface area contributed by atoms with Gasteiger partial charge < -0.3 is 5.11 Å². The highest BCUT2D eigenvalue weighted by Crippen LogP contribution is 2.29. The molecule has 2 N–H and O–H groups in total. The molecular weight excluding hydrogens is 298 g/mol. The number of rotatable bonds is 7. The van der Waals surface area contributed by atoms with Crippen LogP contribution in [-0.2, 0) is 14.8 Å². The van der Waals surface area contributed by atoms with Crippen molar-refractivity contribution in [1.82, 2.24) is 4.72 Å². The van der Waals surface area contributed by atoms with Crippen LogP contribution < -0.4 is 4.72 Å². The first-order valence-electron chi connectivity index (χ1n) is 6.27. The molecule has 0 radical (unpaired) electrons. The topological polar surface area (TPSA) is 83.5 Å². The van der Waals surface area contributed by atoms with Crippen LogP contribution in [0.1, 0.15) is 20.8 Å². The molecule has 0 aliphatic rings. The van der Waals surface area contributed by atoms with Crippen LogP contribution in [0.4, 0.5) is 0 Å². The number of sulfonamides is 1. The molecule has 7 heteroatoms. The fourth-order valence-electron chi connectivity index (χ4n) is 1.59. The van der Waals surface area contributed by atoms with Crippen LogP contribution in [-0.4, -0.2) is 31.3 Å². The number of thioether (sulfide) groups is 1. The molecule has 1 aromatic rings. The highest BCUT2D eigenvalue weighted by molar-refractivity contribution is 8.00. The summed E-state index contributed by atoms with van der Waals surface area (Å²) in [5, 5.41) is 8.58. The van der Waals surface area contributed by atoms with E-state index in [0.717, 1.165) is 4.90 Å². The Morgan fingerprint density at radius 2 is 1.85 bits per heavy atom. The summed E-state index contributed by atoms with van der Waals surface area (Å²) in [6.07, 6.45) is 0. The van der Waals surface area contributed by atoms with Gasteiger partial charge in [0.15, 0.2) is 0 Å². The van der Waals surface area contributed by atoms with Crippen LogP contribution in [0.25, 0.3) is 0 Å². The Kier molecular flexibility index (Phi) is 6.04. The lowest BCUT2D eigenvalue weighted by Crippen LogP contribution is -2.23. The first-order valence-corrected chi connectivity index (χ1v) is 8.63. The minimum absolute atomic E-state index is 0.0114. The van der Waals surface area contributed by atoms with Gasteiger partial charge in [0.25, 0.3) is 0 Å². The second-order valence-corrected chi connectivity index (χ2v) is 7.58. The van der Waals surface area contributed by atoms with Gasteiger partial charge in [-0.15, -0.1) is 11.8 Å². The van der Waals surface area contributed by atoms with E-state index in [4.69, 9.17) is 5.11 Å². The Balaban J connectivity index is 2.89. The van der Waals surface area contributed by atoms with Crippen molar-refractivity contribution in [2.45, 2.75) is 35.8 Å². The number of carboxylic acids is 1. The Morgan fingerprint density at radius 1 is 1.30 bits per heavy atom. The van der Waals surface area contributed by atoms with Gasteiger partial charge in [0.2, 0.25) is 10.0 Å². The molecule has 1 atom stereocenters. The Labute approximate surface area is 123 Å². The van der Waals surface area contributed by atoms with E-state index in [-0.39, 0.29) is 10.8 Å². The van der Waals surface area contributed by atoms with Crippen molar-refractivity contribution < 1.29 is 18.3 Å². The minimum Gasteiger partial charge on any atom is -0.480 e. The molecule has 1 rings (SSSR count). The first-order chi connectivity index (χ1) is 9.27. The van der Waals surface area contributed by atoms with E-state index < -0.39 is 21.2 Å². The molecule has 112 valence electrons. The molecular formula is C13H19NO4S2. The SMILES string of the molecule is CCNS(=O)(=O)c1ccc(SC(C(=O)O)C(C)C)cc1. The van der Waals surface area contributed by atoms with Crippen molar-refractivity contribution in [1.29, 1.82) is 0 Å². The smallest absolute Gasteiger partial charge is 0.317 e. The molecule has 0 bridgehead atoms. The molecule has 0 amide bonds. The standard InChI is InChI=1S/C13H19NO4S2/c1-4-14-20(17,18)11-7-5-10(6-8-11)19-12(9(2)3)13(15)16/h5-9,12,14H,4H2,1-3H3,(H,15,16). The zero-order valence-electron chi connectivity index (χ0n) is 11.7. The summed E-state index contributed by atoms with van der Waals surface area (Å²) >= 11 is 1.22. The third kappa shape index (κ3) is 4.50. The van der Waals surface area contributed by atoms with Crippen molar-refractivity contribution in [3.05, 3.63) is 24.3 Å². The maximum absolute atomic E-state index is 11.8. The van der Waals surface area contributed by atoms with E-state index in [1.54, 1.807) is 19.1 Å². The lowest BCUT2D eigenvalue weighted by Gasteiger charge is -2.15. The molecule has 1 unspecified atom stereocenters. The van der Waals surface area contributed by atoms with Crippen LogP contribution in [0.15, 0.2) is 34.1 Å². The predicted molar refractivity (Wildman–Crippen MR) is 79.4 cm³/mol. The molecule has 0 heterocycles. The maximum atomic E-state index is 11.8. The van der Waals surface area contributed by atoms with Gasteiger partial charge in [0, 0.05) is 11.4 Å². The zero-order chi connectivity index (χ0) is 15.3. The average Bonchev–Trinajstić information content (AvgIpc) is 2.35. The molecule has 0 saturated carbocycles. The van der Waals surface area contributed by atoms with Gasteiger partial charge in [-0.3, -0.25) is 4.79 Å². The predicted octanol–water partition coefficient (Wildman–Crippen LogP) is 2.19. The van der Waals surface area contributed by atoms with E-state index in [1.807, 2.05) is 13.8 Å². The maximum Gasteiger partial charge on any atom is 0.317 e. The molecule has 1 aromatic carbocycles. The number of aliphatic carboxylic acids is 1. The van der Waals surface area contributed by atoms with Crippen LogP contribution >= 0.6 is 11.8 Å². The van der Waals surface area contributed by atoms with Gasteiger partial charge in [-0.05, 0) is 30.2 Å². The van der Waals surface area contributed by atoms with Crippen molar-refractivity contribution in [3.63, 3.8) is 0 Å². The number of hydrogen-bond donors (Lipinski definition) is 2. The summed E-state index contributed by atoms with van der Waals surface area (Å²) in [4.78, 5) is 12.0. The molecule has 0 spiro atoms. The average molecular weight is 317 g/mol. The minimum atomic E-state index is -3.46. The largest absolute Gasteiger partial charge is 0.480 e. The van der Waals surface area contributed by atoms with E-state index >= 15 is 0 Å². The number of nitrogens with one attached hydrogen (secondary N) is 1. The molecule has 5 nitrogen and oxygen atoms in total. The van der Waals surface area contributed by atoms with Crippen molar-refractivity contribution in [2.24, 2.45) is 5.92 Å². The quantitative estimate of drug-likeness (QED) is 0.753. The number of carbonyl (C=O) groups is 1. The van der Waals surface area contributed by atoms with Gasteiger partial charge in [-0.25, -0.2) is 13.1 Å². The Bertz CT molecular complexity index is 552. The Hall–Kier alpha value is -1.05. The van der Waals surface area contributed by atoms with Crippen LogP contribution in [0.5, 0.6) is 0 Å². The molecule has 0 saturated heterocycles. The van der Waals surface area contributed by atoms with Gasteiger partial charge in [0.05, 0.1) is 4.90 Å². The lowest BCUT2D eigenvalue weighted by atomic mass is 10.1. The van der Waals surface area contributed by atoms with E-state index in [2.05, 4.69) is 4.72 Å². The fraction of sp³-hybridized carbons (Fsp3) is 0.462. The summed E-state index contributed by atoms with van der Waals surface area (Å²) in [5.41, 5.74) is 0. The number of benzene rings is 1. The first kappa shape index (κ1) is 17.0. The third-order valence-electron chi connectivity index (χ3n) is 2.58. The molecule has 0 aromatic heterocycles. The fourth-order valence-corrected chi connectivity index (χ4v) is 3.59. The van der Waals surface area contributed by atoms with Crippen molar-refractivity contribution >= 4 is 27.8 Å². The number of hydrogen-bond acceptors (Lipinski definition) is 4. The van der Waals surface area contributed by atoms with E-state index in [1.165, 1.54) is 23.9 Å². The monoisotopic (exact) mass is 317 g/mol. The van der Waals surface area contributed by atoms with Crippen LogP contribution in [0.3, 0.4) is 0 Å². The summed E-state index contributed by atoms with van der Waals surface area (Å²) in [7, 11) is -3.46. The summed E-state index contributed by atoms with van der Waals surface area (Å²) in [5.74, 6) is -0.878. The third-order valence-corrected chi connectivity index (χ3v) is 5.69. The second kappa shape index (κ2) is 7.10. The normalized spacial score (nSPS) is 13.4. The summed E-state index contributed by atoms with van der Waals surface area (Å²) in [6, 6.07) is 6.24. The van der Waals surface area contributed by atoms with Crippen molar-refractivity contribution in [3.8, 4) is 0 Å². The van der Waals surface area contributed by atoms with Crippen LogP contribution in [0, 0.1) is 5.92 Å². The molecule has 0 aliphatic carbocycles. The highest BCUT2D eigenvalue weighted by Gasteiger charge is 2.23. The summed E-state index contributed by atoms with van der Waals surface area (Å²) in [6.45, 7) is 5.72. The second-order valence-electron chi connectivity index (χ2n) is 4.59. The van der Waals surface area contributed by atoms with Crippen molar-refractivity contribution in [2.75, 3.05) is 6.54 Å². The summed E-state index contributed by atoms with van der Waals surface area (Å²) < 4.78 is 25.9. The van der Waals surface area contributed by atoms with Crippen LogP contribution in [0.2, 0.25) is 0 Å². The van der Waals surface area contributed by atoms with E-state index in [9.17, 15) is 13.2 Å². The van der Waals surface area contributed by atoms with Gasteiger partial charge in [0.1, 0.15) is 5.25 Å². The lowest BCUT2D eigenvalue weighted by molar-refractivity contribution is -0.137. The molecule has 0 aliphatic heterocycles. The molecule has 20 heavy (non-hydrogen) atoms. The molecule has 0 fully saturated rings. The Morgan fingerprint density at radius 3 is 2.25 bits per heavy atom. The van der Waals surface area contributed by atoms with Gasteiger partial charge in [-0.2, -0.15) is 0 Å². The van der Waals surface area contributed by atoms with Gasteiger partial charge >= 0.3 is 5.97 Å². The number of carboxylic acid groups (broad SMARTS) is 1. The zero-order valence-corrected chi connectivity index (χ0v) is 13.3. The van der Waals surface area contributed by atoms with E-state index in [0.29, 0.717) is 6.54 Å².